The molecule has 3 atom stereocenters. The van der Waals surface area contributed by atoms with Crippen LogP contribution in [0.3, 0.4) is 0 Å². The van der Waals surface area contributed by atoms with Crippen molar-refractivity contribution in [2.45, 2.75) is 31.5 Å². The maximum Gasteiger partial charge on any atom is 0.251 e. The molecule has 0 aliphatic carbocycles. The Bertz CT molecular complexity index is 488. The van der Waals surface area contributed by atoms with E-state index in [0.29, 0.717) is 11.6 Å². The number of benzene rings is 1. The summed E-state index contributed by atoms with van der Waals surface area (Å²) < 4.78 is 5.66. The molecular weight excluding hydrogens is 256 g/mol. The van der Waals surface area contributed by atoms with Gasteiger partial charge in [0.05, 0.1) is 12.7 Å². The monoisotopic (exact) mass is 276 g/mol. The normalized spacial score (nSPS) is 29.9. The van der Waals surface area contributed by atoms with Crippen molar-refractivity contribution < 1.29 is 14.6 Å². The number of hydrogen-bond acceptors (Lipinski definition) is 4. The van der Waals surface area contributed by atoms with E-state index in [1.165, 1.54) is 12.1 Å². The molecule has 0 aromatic heterocycles. The van der Waals surface area contributed by atoms with E-state index in [1.807, 2.05) is 0 Å². The number of rotatable bonds is 2. The van der Waals surface area contributed by atoms with E-state index in [2.05, 4.69) is 17.1 Å². The topological polar surface area (TPSA) is 61.8 Å². The summed E-state index contributed by atoms with van der Waals surface area (Å²) in [5.41, 5.74) is 0.581. The van der Waals surface area contributed by atoms with E-state index in [-0.39, 0.29) is 23.8 Å². The van der Waals surface area contributed by atoms with Gasteiger partial charge in [-0.25, -0.2) is 0 Å². The van der Waals surface area contributed by atoms with Crippen LogP contribution in [0.1, 0.15) is 23.7 Å². The second-order valence-electron chi connectivity index (χ2n) is 5.70. The highest BCUT2D eigenvalue weighted by atomic mass is 16.5. The highest BCUT2D eigenvalue weighted by Gasteiger charge is 2.36. The number of phenolic OH excluding ortho intramolecular Hbond substituents is 1. The van der Waals surface area contributed by atoms with E-state index in [9.17, 15) is 9.90 Å². The van der Waals surface area contributed by atoms with Crippen molar-refractivity contribution in [2.24, 2.45) is 0 Å². The Morgan fingerprint density at radius 3 is 2.85 bits per heavy atom. The van der Waals surface area contributed by atoms with Gasteiger partial charge < -0.3 is 15.2 Å². The van der Waals surface area contributed by atoms with Gasteiger partial charge in [-0.2, -0.15) is 0 Å². The number of aromatic hydroxyl groups is 1. The minimum absolute atomic E-state index is 0.0798. The van der Waals surface area contributed by atoms with E-state index in [4.69, 9.17) is 4.74 Å². The van der Waals surface area contributed by atoms with Crippen molar-refractivity contribution in [1.29, 1.82) is 0 Å². The molecule has 5 nitrogen and oxygen atoms in total. The largest absolute Gasteiger partial charge is 0.508 e. The summed E-state index contributed by atoms with van der Waals surface area (Å²) in [6.07, 6.45) is 1.22. The van der Waals surface area contributed by atoms with Gasteiger partial charge in [0.1, 0.15) is 5.75 Å². The van der Waals surface area contributed by atoms with Crippen LogP contribution in [0.25, 0.3) is 0 Å². The molecule has 108 valence electrons. The number of carbonyl (C=O) groups is 1. The first kappa shape index (κ1) is 13.4. The summed E-state index contributed by atoms with van der Waals surface area (Å²) in [4.78, 5) is 14.5. The summed E-state index contributed by atoms with van der Waals surface area (Å²) in [5.74, 6) is 0.0921. The smallest absolute Gasteiger partial charge is 0.251 e. The van der Waals surface area contributed by atoms with E-state index < -0.39 is 0 Å². The van der Waals surface area contributed by atoms with Crippen molar-refractivity contribution in [2.75, 3.05) is 19.7 Å². The predicted molar refractivity (Wildman–Crippen MR) is 74.8 cm³/mol. The van der Waals surface area contributed by atoms with Crippen LogP contribution in [0.2, 0.25) is 0 Å². The van der Waals surface area contributed by atoms with E-state index in [0.717, 1.165) is 26.1 Å². The highest BCUT2D eigenvalue weighted by Crippen LogP contribution is 2.23. The van der Waals surface area contributed by atoms with Gasteiger partial charge in [0, 0.05) is 30.7 Å². The molecule has 0 spiro atoms. The highest BCUT2D eigenvalue weighted by molar-refractivity contribution is 5.94. The lowest BCUT2D eigenvalue weighted by molar-refractivity contribution is -0.0390. The molecule has 20 heavy (non-hydrogen) atoms. The molecule has 2 saturated heterocycles. The van der Waals surface area contributed by atoms with Crippen molar-refractivity contribution in [3.63, 3.8) is 0 Å². The Labute approximate surface area is 118 Å². The van der Waals surface area contributed by atoms with Crippen LogP contribution in [0.15, 0.2) is 24.3 Å². The molecule has 5 heteroatoms. The molecule has 1 amide bonds. The molecule has 2 aliphatic heterocycles. The van der Waals surface area contributed by atoms with Crippen LogP contribution in [-0.4, -0.2) is 53.8 Å². The predicted octanol–water partition coefficient (Wildman–Crippen LogP) is 0.984. The quantitative estimate of drug-likeness (QED) is 0.845. The number of ether oxygens (including phenoxy) is 1. The maximum absolute atomic E-state index is 12.1. The standard InChI is InChI=1S/C15H20N2O3/c1-10-7-17-8-12(6-13(17)9-20-10)16-15(19)11-2-4-14(18)5-3-11/h2-5,10,12-13,18H,6-9H2,1H3,(H,16,19)/t10-,12-,13+/m1/s1. The molecule has 1 aromatic rings. The third-order valence-electron chi connectivity index (χ3n) is 4.06. The van der Waals surface area contributed by atoms with Crippen LogP contribution in [-0.2, 0) is 4.74 Å². The SMILES string of the molecule is C[C@@H]1CN2C[C@H](NC(=O)c3ccc(O)cc3)C[C@H]2CO1. The first-order valence-corrected chi connectivity index (χ1v) is 7.07. The van der Waals surface area contributed by atoms with Gasteiger partial charge in [-0.3, -0.25) is 9.69 Å². The molecule has 0 radical (unpaired) electrons. The maximum atomic E-state index is 12.1. The average molecular weight is 276 g/mol. The van der Waals surface area contributed by atoms with E-state index in [1.54, 1.807) is 12.1 Å². The molecule has 2 aliphatic rings. The van der Waals surface area contributed by atoms with Crippen LogP contribution >= 0.6 is 0 Å². The van der Waals surface area contributed by atoms with Gasteiger partial charge in [-0.15, -0.1) is 0 Å². The van der Waals surface area contributed by atoms with Gasteiger partial charge in [-0.1, -0.05) is 0 Å². The molecule has 3 rings (SSSR count). The summed E-state index contributed by atoms with van der Waals surface area (Å²) in [7, 11) is 0. The van der Waals surface area contributed by atoms with Gasteiger partial charge in [0.25, 0.3) is 5.91 Å². The fourth-order valence-corrected chi connectivity index (χ4v) is 3.03. The van der Waals surface area contributed by atoms with Crippen molar-refractivity contribution in [3.05, 3.63) is 29.8 Å². The van der Waals surface area contributed by atoms with Crippen LogP contribution in [0, 0.1) is 0 Å². The van der Waals surface area contributed by atoms with Gasteiger partial charge in [0.15, 0.2) is 0 Å². The fourth-order valence-electron chi connectivity index (χ4n) is 3.03. The Hall–Kier alpha value is -1.59. The second-order valence-corrected chi connectivity index (χ2v) is 5.70. The molecule has 0 bridgehead atoms. The third kappa shape index (κ3) is 2.78. The van der Waals surface area contributed by atoms with Crippen LogP contribution < -0.4 is 5.32 Å². The molecule has 2 fully saturated rings. The van der Waals surface area contributed by atoms with Crippen molar-refractivity contribution in [3.8, 4) is 5.75 Å². The summed E-state index contributed by atoms with van der Waals surface area (Å²) in [5, 5.41) is 12.3. The number of carbonyl (C=O) groups excluding carboxylic acids is 1. The van der Waals surface area contributed by atoms with Crippen LogP contribution in [0.4, 0.5) is 0 Å². The second kappa shape index (κ2) is 5.42. The number of nitrogens with one attached hydrogen (secondary N) is 1. The van der Waals surface area contributed by atoms with Gasteiger partial charge in [0.2, 0.25) is 0 Å². The molecule has 0 unspecified atom stereocenters. The Morgan fingerprint density at radius 2 is 2.10 bits per heavy atom. The van der Waals surface area contributed by atoms with Crippen LogP contribution in [0.5, 0.6) is 5.75 Å². The van der Waals surface area contributed by atoms with Gasteiger partial charge in [-0.05, 0) is 37.6 Å². The molecular formula is C15H20N2O3. The number of phenols is 1. The fraction of sp³-hybridized carbons (Fsp3) is 0.533. The third-order valence-corrected chi connectivity index (χ3v) is 4.06. The first-order chi connectivity index (χ1) is 9.61. The number of amides is 1. The number of hydrogen-bond donors (Lipinski definition) is 2. The first-order valence-electron chi connectivity index (χ1n) is 7.07. The number of morpholine rings is 1. The zero-order chi connectivity index (χ0) is 14.1. The van der Waals surface area contributed by atoms with Gasteiger partial charge >= 0.3 is 0 Å². The lowest BCUT2D eigenvalue weighted by Crippen LogP contribution is -2.45. The summed E-state index contributed by atoms with van der Waals surface area (Å²) in [6.45, 7) is 4.67. The van der Waals surface area contributed by atoms with Crippen molar-refractivity contribution >= 4 is 5.91 Å². The van der Waals surface area contributed by atoms with Crippen molar-refractivity contribution in [1.82, 2.24) is 10.2 Å². The van der Waals surface area contributed by atoms with E-state index >= 15 is 0 Å². The lowest BCUT2D eigenvalue weighted by atomic mass is 10.1. The summed E-state index contributed by atoms with van der Waals surface area (Å²) in [6, 6.07) is 6.94. The molecule has 2 heterocycles. The molecule has 2 N–H and O–H groups in total. The number of fused-ring (bicyclic) bond motifs is 1. The molecule has 1 aromatic carbocycles. The molecule has 0 saturated carbocycles. The average Bonchev–Trinajstić information content (AvgIpc) is 2.80. The minimum atomic E-state index is -0.0798. The number of nitrogens with zero attached hydrogens (tertiary/aromatic N) is 1. The zero-order valence-corrected chi connectivity index (χ0v) is 11.6. The Balaban J connectivity index is 1.59. The zero-order valence-electron chi connectivity index (χ0n) is 11.6. The minimum Gasteiger partial charge on any atom is -0.508 e. The lowest BCUT2D eigenvalue weighted by Gasteiger charge is -2.33. The summed E-state index contributed by atoms with van der Waals surface area (Å²) >= 11 is 0. The Kier molecular flexibility index (Phi) is 3.63. The Morgan fingerprint density at radius 1 is 1.35 bits per heavy atom.